The van der Waals surface area contributed by atoms with Crippen LogP contribution in [0, 0.1) is 0 Å². The van der Waals surface area contributed by atoms with Crippen LogP contribution < -0.4 is 5.32 Å². The first kappa shape index (κ1) is 23.8. The van der Waals surface area contributed by atoms with Crippen molar-refractivity contribution in [1.82, 2.24) is 10.2 Å². The largest absolute Gasteiger partial charge is 0.448 e. The van der Waals surface area contributed by atoms with E-state index in [4.69, 9.17) is 14.2 Å². The topological polar surface area (TPSA) is 111 Å². The van der Waals surface area contributed by atoms with Crippen molar-refractivity contribution < 1.29 is 33.4 Å². The molecule has 1 aliphatic heterocycles. The molecule has 2 unspecified atom stereocenters. The quantitative estimate of drug-likeness (QED) is 0.405. The Labute approximate surface area is 191 Å². The van der Waals surface area contributed by atoms with Crippen LogP contribution in [0.15, 0.2) is 60.7 Å². The zero-order valence-electron chi connectivity index (χ0n) is 18.6. The summed E-state index contributed by atoms with van der Waals surface area (Å²) in [6.07, 6.45) is -2.84. The Kier molecular flexibility index (Phi) is 7.32. The molecule has 9 heteroatoms. The number of rotatable bonds is 6. The molecular formula is C24H26N2O7. The molecule has 1 fully saturated rings. The summed E-state index contributed by atoms with van der Waals surface area (Å²) in [6.45, 7) is 4.61. The van der Waals surface area contributed by atoms with Gasteiger partial charge in [0.15, 0.2) is 0 Å². The standard InChI is InChI=1S/C24H26N2O7/c1-24(2,3)33-23(30)26-19(17-12-8-5-9-13-17)20(21(26)28)32-18(27)14-25-22(29)31-15-16-10-6-4-7-11-16/h4-13,19-20H,14-15H2,1-3H3,(H,25,29). The number of carbonyl (C=O) groups excluding carboxylic acids is 4. The molecule has 33 heavy (non-hydrogen) atoms. The summed E-state index contributed by atoms with van der Waals surface area (Å²) >= 11 is 0. The maximum atomic E-state index is 12.6. The molecule has 0 saturated carbocycles. The van der Waals surface area contributed by atoms with E-state index in [0.717, 1.165) is 10.5 Å². The third kappa shape index (κ3) is 6.31. The minimum atomic E-state index is -1.21. The Balaban J connectivity index is 1.58. The average molecular weight is 454 g/mol. The summed E-state index contributed by atoms with van der Waals surface area (Å²) in [5.41, 5.74) is 0.601. The van der Waals surface area contributed by atoms with Gasteiger partial charge in [0.05, 0.1) is 0 Å². The van der Waals surface area contributed by atoms with Crippen LogP contribution in [0.5, 0.6) is 0 Å². The van der Waals surface area contributed by atoms with E-state index in [0.29, 0.717) is 5.56 Å². The van der Waals surface area contributed by atoms with Gasteiger partial charge in [-0.2, -0.15) is 0 Å². The molecule has 9 nitrogen and oxygen atoms in total. The predicted octanol–water partition coefficient (Wildman–Crippen LogP) is 3.34. The fourth-order valence-corrected chi connectivity index (χ4v) is 3.17. The maximum absolute atomic E-state index is 12.6. The van der Waals surface area contributed by atoms with E-state index in [1.54, 1.807) is 63.2 Å². The normalized spacial score (nSPS) is 17.5. The first-order chi connectivity index (χ1) is 15.7. The van der Waals surface area contributed by atoms with Gasteiger partial charge in [-0.3, -0.25) is 9.59 Å². The second kappa shape index (κ2) is 10.2. The van der Waals surface area contributed by atoms with Gasteiger partial charge in [0, 0.05) is 0 Å². The van der Waals surface area contributed by atoms with Gasteiger partial charge in [0.25, 0.3) is 5.91 Å². The van der Waals surface area contributed by atoms with Crippen LogP contribution in [0.2, 0.25) is 0 Å². The number of likely N-dealkylation sites (tertiary alicyclic amines) is 1. The Hall–Kier alpha value is -3.88. The molecular weight excluding hydrogens is 428 g/mol. The Morgan fingerprint density at radius 2 is 1.58 bits per heavy atom. The lowest BCUT2D eigenvalue weighted by Gasteiger charge is -2.44. The van der Waals surface area contributed by atoms with Crippen molar-refractivity contribution in [2.75, 3.05) is 6.54 Å². The molecule has 2 aromatic carbocycles. The fraction of sp³-hybridized carbons (Fsp3) is 0.333. The summed E-state index contributed by atoms with van der Waals surface area (Å²) < 4.78 is 15.6. The van der Waals surface area contributed by atoms with E-state index in [1.807, 2.05) is 18.2 Å². The fourth-order valence-electron chi connectivity index (χ4n) is 3.17. The van der Waals surface area contributed by atoms with Crippen molar-refractivity contribution in [3.63, 3.8) is 0 Å². The second-order valence-electron chi connectivity index (χ2n) is 8.37. The molecule has 0 radical (unpaired) electrons. The number of hydrogen-bond acceptors (Lipinski definition) is 7. The van der Waals surface area contributed by atoms with Crippen molar-refractivity contribution in [1.29, 1.82) is 0 Å². The molecule has 0 bridgehead atoms. The first-order valence-electron chi connectivity index (χ1n) is 10.4. The highest BCUT2D eigenvalue weighted by Crippen LogP contribution is 2.38. The molecule has 3 amide bonds. The van der Waals surface area contributed by atoms with Crippen LogP contribution in [-0.4, -0.2) is 47.2 Å². The molecule has 1 N–H and O–H groups in total. The van der Waals surface area contributed by atoms with Crippen molar-refractivity contribution in [2.24, 2.45) is 0 Å². The van der Waals surface area contributed by atoms with E-state index in [2.05, 4.69) is 5.32 Å². The molecule has 0 aliphatic carbocycles. The number of alkyl carbamates (subject to hydrolysis) is 1. The molecule has 1 saturated heterocycles. The summed E-state index contributed by atoms with van der Waals surface area (Å²) in [7, 11) is 0. The van der Waals surface area contributed by atoms with Gasteiger partial charge >= 0.3 is 18.2 Å². The first-order valence-corrected chi connectivity index (χ1v) is 10.4. The maximum Gasteiger partial charge on any atom is 0.417 e. The van der Waals surface area contributed by atoms with E-state index in [-0.39, 0.29) is 6.61 Å². The zero-order valence-corrected chi connectivity index (χ0v) is 18.6. The number of amides is 3. The summed E-state index contributed by atoms with van der Waals surface area (Å²) in [5.74, 6) is -1.53. The van der Waals surface area contributed by atoms with Gasteiger partial charge in [0.1, 0.15) is 24.8 Å². The third-order valence-corrected chi connectivity index (χ3v) is 4.63. The number of ether oxygens (including phenoxy) is 3. The highest BCUT2D eigenvalue weighted by atomic mass is 16.6. The SMILES string of the molecule is CC(C)(C)OC(=O)N1C(=O)C(OC(=O)CNC(=O)OCc2ccccc2)C1c1ccccc1. The lowest BCUT2D eigenvalue weighted by molar-refractivity contribution is -0.181. The highest BCUT2D eigenvalue weighted by molar-refractivity contribution is 6.02. The van der Waals surface area contributed by atoms with Crippen LogP contribution >= 0.6 is 0 Å². The number of imide groups is 1. The average Bonchev–Trinajstić information content (AvgIpc) is 2.78. The van der Waals surface area contributed by atoms with E-state index < -0.39 is 48.4 Å². The minimum Gasteiger partial charge on any atom is -0.448 e. The number of esters is 1. The molecule has 0 aromatic heterocycles. The molecule has 3 rings (SSSR count). The molecule has 2 aromatic rings. The predicted molar refractivity (Wildman–Crippen MR) is 117 cm³/mol. The van der Waals surface area contributed by atoms with Crippen molar-refractivity contribution >= 4 is 24.1 Å². The molecule has 1 aliphatic rings. The number of nitrogens with zero attached hydrogens (tertiary/aromatic N) is 1. The van der Waals surface area contributed by atoms with E-state index in [9.17, 15) is 19.2 Å². The summed E-state index contributed by atoms with van der Waals surface area (Å²) in [4.78, 5) is 50.2. The van der Waals surface area contributed by atoms with Gasteiger partial charge < -0.3 is 19.5 Å². The van der Waals surface area contributed by atoms with Crippen molar-refractivity contribution in [3.05, 3.63) is 71.8 Å². The number of benzene rings is 2. The van der Waals surface area contributed by atoms with Crippen molar-refractivity contribution in [3.8, 4) is 0 Å². The Bertz CT molecular complexity index is 1000. The monoisotopic (exact) mass is 454 g/mol. The number of carbonyl (C=O) groups is 4. The molecule has 0 spiro atoms. The lowest BCUT2D eigenvalue weighted by atomic mass is 9.91. The Morgan fingerprint density at radius 3 is 2.18 bits per heavy atom. The van der Waals surface area contributed by atoms with Gasteiger partial charge in [-0.15, -0.1) is 0 Å². The molecule has 2 atom stereocenters. The summed E-state index contributed by atoms with van der Waals surface area (Å²) in [5, 5.41) is 2.29. The zero-order chi connectivity index (χ0) is 24.0. The number of hydrogen-bond donors (Lipinski definition) is 1. The van der Waals surface area contributed by atoms with Crippen LogP contribution in [0.4, 0.5) is 9.59 Å². The van der Waals surface area contributed by atoms with Gasteiger partial charge in [-0.25, -0.2) is 14.5 Å². The summed E-state index contributed by atoms with van der Waals surface area (Å²) in [6, 6.07) is 16.9. The lowest BCUT2D eigenvalue weighted by Crippen LogP contribution is -2.63. The molecule has 1 heterocycles. The third-order valence-electron chi connectivity index (χ3n) is 4.63. The van der Waals surface area contributed by atoms with Gasteiger partial charge in [-0.1, -0.05) is 60.7 Å². The van der Waals surface area contributed by atoms with E-state index in [1.165, 1.54) is 0 Å². The van der Waals surface area contributed by atoms with Gasteiger partial charge in [-0.05, 0) is 31.9 Å². The van der Waals surface area contributed by atoms with Crippen LogP contribution in [0.3, 0.4) is 0 Å². The van der Waals surface area contributed by atoms with Gasteiger partial charge in [0.2, 0.25) is 6.10 Å². The van der Waals surface area contributed by atoms with Crippen LogP contribution in [0.25, 0.3) is 0 Å². The highest BCUT2D eigenvalue weighted by Gasteiger charge is 2.55. The Morgan fingerprint density at radius 1 is 0.970 bits per heavy atom. The molecule has 174 valence electrons. The smallest absolute Gasteiger partial charge is 0.417 e. The second-order valence-corrected chi connectivity index (χ2v) is 8.37. The van der Waals surface area contributed by atoms with Crippen molar-refractivity contribution in [2.45, 2.75) is 45.1 Å². The minimum absolute atomic E-state index is 0.0454. The number of β-lactam (4-membered cyclic amide) rings is 1. The van der Waals surface area contributed by atoms with E-state index >= 15 is 0 Å². The van der Waals surface area contributed by atoms with Crippen LogP contribution in [-0.2, 0) is 30.4 Å². The van der Waals surface area contributed by atoms with Crippen LogP contribution in [0.1, 0.15) is 37.9 Å². The number of nitrogens with one attached hydrogen (secondary N) is 1.